The van der Waals surface area contributed by atoms with Crippen molar-refractivity contribution >= 4 is 5.91 Å². The van der Waals surface area contributed by atoms with Crippen molar-refractivity contribution in [3.05, 3.63) is 129 Å². The van der Waals surface area contributed by atoms with Crippen LogP contribution in [0.1, 0.15) is 44.6 Å². The first-order valence-electron chi connectivity index (χ1n) is 12.1. The number of hydrogen-bond acceptors (Lipinski definition) is 4. The second-order valence-electron chi connectivity index (χ2n) is 9.03. The van der Waals surface area contributed by atoms with Crippen molar-refractivity contribution in [2.45, 2.75) is 32.3 Å². The van der Waals surface area contributed by atoms with E-state index in [0.717, 1.165) is 23.3 Å². The highest BCUT2D eigenvalue weighted by Gasteiger charge is 2.32. The van der Waals surface area contributed by atoms with Crippen LogP contribution in [0.15, 0.2) is 89.7 Å². The number of hydrogen-bond donors (Lipinski definition) is 0. The number of carbonyl (C=O) groups excluding carboxylic acids is 1. The lowest BCUT2D eigenvalue weighted by Gasteiger charge is -2.30. The van der Waals surface area contributed by atoms with Gasteiger partial charge in [-0.15, -0.1) is 13.2 Å². The minimum atomic E-state index is -4.81. The van der Waals surface area contributed by atoms with Crippen LogP contribution in [-0.2, 0) is 13.0 Å². The first-order chi connectivity index (χ1) is 18.2. The summed E-state index contributed by atoms with van der Waals surface area (Å²) in [5.74, 6) is -0.235. The predicted molar refractivity (Wildman–Crippen MR) is 135 cm³/mol. The molecule has 0 saturated heterocycles. The highest BCUT2D eigenvalue weighted by Crippen LogP contribution is 2.28. The minimum Gasteiger partial charge on any atom is -0.406 e. The quantitative estimate of drug-likeness (QED) is 0.360. The van der Waals surface area contributed by atoms with Gasteiger partial charge in [-0.1, -0.05) is 60.7 Å². The van der Waals surface area contributed by atoms with Crippen LogP contribution in [0, 0.1) is 6.92 Å². The van der Waals surface area contributed by atoms with Gasteiger partial charge in [0.25, 0.3) is 11.5 Å². The maximum absolute atomic E-state index is 13.8. The molecule has 0 atom stereocenters. The zero-order chi connectivity index (χ0) is 26.9. The zero-order valence-electron chi connectivity index (χ0n) is 20.5. The molecular formula is C29H24F3N3O3. The van der Waals surface area contributed by atoms with Crippen LogP contribution in [0.3, 0.4) is 0 Å². The van der Waals surface area contributed by atoms with Crippen molar-refractivity contribution in [1.29, 1.82) is 0 Å². The summed E-state index contributed by atoms with van der Waals surface area (Å²) in [6.07, 6.45) is -4.49. The molecule has 0 bridgehead atoms. The van der Waals surface area contributed by atoms with E-state index in [2.05, 4.69) is 4.74 Å². The minimum absolute atomic E-state index is 0.132. The number of halogens is 3. The molecule has 4 aromatic rings. The predicted octanol–water partition coefficient (Wildman–Crippen LogP) is 5.29. The van der Waals surface area contributed by atoms with Crippen LogP contribution < -0.4 is 10.3 Å². The number of amides is 1. The molecule has 0 spiro atoms. The molecule has 194 valence electrons. The Balaban J connectivity index is 1.45. The summed E-state index contributed by atoms with van der Waals surface area (Å²) in [6.45, 7) is 2.20. The number of aryl methyl sites for hydroxylation is 1. The standard InChI is InChI=1S/C29H24F3N3O3/c1-19-33-25-18-34(27(36)22-12-14-23(15-13-22)38-29(30,31)32)17-16-24(25)28(37)35(19)26(20-8-4-2-5-9-20)21-10-6-3-7-11-21/h2-15,26H,16-18H2,1H3. The molecule has 6 nitrogen and oxygen atoms in total. The number of alkyl halides is 3. The number of carbonyl (C=O) groups is 1. The fourth-order valence-electron chi connectivity index (χ4n) is 4.84. The Hall–Kier alpha value is -4.40. The van der Waals surface area contributed by atoms with Gasteiger partial charge in [0.15, 0.2) is 0 Å². The van der Waals surface area contributed by atoms with Crippen LogP contribution in [0.5, 0.6) is 5.75 Å². The van der Waals surface area contributed by atoms with E-state index in [-0.39, 0.29) is 36.2 Å². The second kappa shape index (κ2) is 10.2. The van der Waals surface area contributed by atoms with E-state index < -0.39 is 12.1 Å². The van der Waals surface area contributed by atoms with Crippen molar-refractivity contribution < 1.29 is 22.7 Å². The number of aromatic nitrogens is 2. The molecule has 0 N–H and O–H groups in total. The largest absolute Gasteiger partial charge is 0.573 e. The van der Waals surface area contributed by atoms with Crippen molar-refractivity contribution in [3.8, 4) is 5.75 Å². The molecule has 5 rings (SSSR count). The first-order valence-corrected chi connectivity index (χ1v) is 12.1. The molecule has 1 aliphatic heterocycles. The van der Waals surface area contributed by atoms with E-state index in [9.17, 15) is 22.8 Å². The Morgan fingerprint density at radius 1 is 0.921 bits per heavy atom. The van der Waals surface area contributed by atoms with Gasteiger partial charge in [0, 0.05) is 17.7 Å². The molecule has 38 heavy (non-hydrogen) atoms. The maximum Gasteiger partial charge on any atom is 0.573 e. The SMILES string of the molecule is Cc1nc2c(c(=O)n1C(c1ccccc1)c1ccccc1)CCN(C(=O)c1ccc(OC(F)(F)F)cc1)C2. The van der Waals surface area contributed by atoms with Gasteiger partial charge in [-0.3, -0.25) is 14.2 Å². The molecule has 0 radical (unpaired) electrons. The van der Waals surface area contributed by atoms with Crippen LogP contribution in [0.4, 0.5) is 13.2 Å². The zero-order valence-corrected chi connectivity index (χ0v) is 20.5. The number of fused-ring (bicyclic) bond motifs is 1. The second-order valence-corrected chi connectivity index (χ2v) is 9.03. The van der Waals surface area contributed by atoms with Crippen molar-refractivity contribution in [3.63, 3.8) is 0 Å². The van der Waals surface area contributed by atoms with Gasteiger partial charge in [-0.05, 0) is 48.7 Å². The van der Waals surface area contributed by atoms with Crippen LogP contribution >= 0.6 is 0 Å². The molecule has 1 aliphatic rings. The summed E-state index contributed by atoms with van der Waals surface area (Å²) in [4.78, 5) is 33.2. The molecule has 0 aliphatic carbocycles. The van der Waals surface area contributed by atoms with Gasteiger partial charge in [0.1, 0.15) is 11.6 Å². The fourth-order valence-corrected chi connectivity index (χ4v) is 4.84. The van der Waals surface area contributed by atoms with E-state index in [1.54, 1.807) is 16.4 Å². The molecule has 9 heteroatoms. The Morgan fingerprint density at radius 2 is 1.50 bits per heavy atom. The number of rotatable bonds is 5. The fraction of sp³-hybridized carbons (Fsp3) is 0.207. The molecular weight excluding hydrogens is 495 g/mol. The van der Waals surface area contributed by atoms with Gasteiger partial charge in [0.2, 0.25) is 0 Å². The Kier molecular flexibility index (Phi) is 6.75. The van der Waals surface area contributed by atoms with E-state index in [1.807, 2.05) is 60.7 Å². The van der Waals surface area contributed by atoms with Crippen molar-refractivity contribution in [1.82, 2.24) is 14.5 Å². The maximum atomic E-state index is 13.8. The topological polar surface area (TPSA) is 64.4 Å². The third-order valence-corrected chi connectivity index (χ3v) is 6.55. The van der Waals surface area contributed by atoms with Crippen molar-refractivity contribution in [2.75, 3.05) is 6.54 Å². The van der Waals surface area contributed by atoms with E-state index in [4.69, 9.17) is 4.98 Å². The smallest absolute Gasteiger partial charge is 0.406 e. The normalized spacial score (nSPS) is 13.3. The average Bonchev–Trinajstić information content (AvgIpc) is 2.91. The summed E-state index contributed by atoms with van der Waals surface area (Å²) in [6, 6.07) is 23.9. The number of nitrogens with zero attached hydrogens (tertiary/aromatic N) is 3. The van der Waals surface area contributed by atoms with Crippen LogP contribution in [0.2, 0.25) is 0 Å². The Bertz CT molecular complexity index is 1460. The van der Waals surface area contributed by atoms with Crippen molar-refractivity contribution in [2.24, 2.45) is 0 Å². The Morgan fingerprint density at radius 3 is 2.05 bits per heavy atom. The van der Waals surface area contributed by atoms with Gasteiger partial charge in [0.05, 0.1) is 18.3 Å². The molecule has 2 heterocycles. The van der Waals surface area contributed by atoms with Crippen LogP contribution in [-0.4, -0.2) is 33.3 Å². The van der Waals surface area contributed by atoms with E-state index in [0.29, 0.717) is 23.5 Å². The molecule has 1 amide bonds. The van der Waals surface area contributed by atoms with Gasteiger partial charge < -0.3 is 9.64 Å². The lowest BCUT2D eigenvalue weighted by molar-refractivity contribution is -0.274. The molecule has 0 unspecified atom stereocenters. The van der Waals surface area contributed by atoms with Crippen LogP contribution in [0.25, 0.3) is 0 Å². The molecule has 0 saturated carbocycles. The van der Waals surface area contributed by atoms with E-state index in [1.165, 1.54) is 12.1 Å². The summed E-state index contributed by atoms with van der Waals surface area (Å²) < 4.78 is 42.9. The average molecular weight is 520 g/mol. The van der Waals surface area contributed by atoms with Gasteiger partial charge >= 0.3 is 6.36 Å². The summed E-state index contributed by atoms with van der Waals surface area (Å²) in [7, 11) is 0. The molecule has 1 aromatic heterocycles. The van der Waals surface area contributed by atoms with Gasteiger partial charge in [-0.2, -0.15) is 0 Å². The van der Waals surface area contributed by atoms with E-state index >= 15 is 0 Å². The molecule has 3 aromatic carbocycles. The summed E-state index contributed by atoms with van der Waals surface area (Å²) in [5, 5.41) is 0. The highest BCUT2D eigenvalue weighted by molar-refractivity contribution is 5.94. The number of ether oxygens (including phenoxy) is 1. The molecule has 0 fully saturated rings. The lowest BCUT2D eigenvalue weighted by Crippen LogP contribution is -2.42. The monoisotopic (exact) mass is 519 g/mol. The number of benzene rings is 3. The first kappa shape index (κ1) is 25.3. The third-order valence-electron chi connectivity index (χ3n) is 6.55. The van der Waals surface area contributed by atoms with Gasteiger partial charge in [-0.25, -0.2) is 4.98 Å². The highest BCUT2D eigenvalue weighted by atomic mass is 19.4. The third kappa shape index (κ3) is 5.18. The lowest BCUT2D eigenvalue weighted by atomic mass is 9.97. The Labute approximate surface area is 216 Å². The summed E-state index contributed by atoms with van der Waals surface area (Å²) >= 11 is 0. The summed E-state index contributed by atoms with van der Waals surface area (Å²) in [5.41, 5.74) is 3.07.